The second kappa shape index (κ2) is 11.1. The Balaban J connectivity index is -0.000000295. The van der Waals surface area contributed by atoms with Gasteiger partial charge < -0.3 is 60.0 Å². The third kappa shape index (κ3) is 9.84. The van der Waals surface area contributed by atoms with Crippen molar-refractivity contribution < 1.29 is 80.1 Å². The summed E-state index contributed by atoms with van der Waals surface area (Å²) < 4.78 is 0. The van der Waals surface area contributed by atoms with Gasteiger partial charge in [0.25, 0.3) is 0 Å². The molecule has 0 amide bonds. The topological polar surface area (TPSA) is 241 Å². The normalized spacial score (nSPS) is 15.0. The fourth-order valence-electron chi connectivity index (χ4n) is 0.516. The molecule has 1 radical (unpaired) electrons. The zero-order valence-electron chi connectivity index (χ0n) is 9.74. The molecule has 0 saturated carbocycles. The van der Waals surface area contributed by atoms with Gasteiger partial charge in [0.1, 0.15) is 24.4 Å². The Kier molecular flexibility index (Phi) is 12.9. The number of rotatable bonds is 6. The van der Waals surface area contributed by atoms with Gasteiger partial charge in [0.2, 0.25) is 0 Å². The Labute approximate surface area is 129 Å². The third-order valence-corrected chi connectivity index (χ3v) is 1.56. The molecule has 4 N–H and O–H groups in total. The summed E-state index contributed by atoms with van der Waals surface area (Å²) in [5, 5.41) is 71.5. The van der Waals surface area contributed by atoms with Crippen molar-refractivity contribution in [3.8, 4) is 0 Å². The van der Waals surface area contributed by atoms with Crippen LogP contribution >= 0.6 is 0 Å². The van der Waals surface area contributed by atoms with Crippen LogP contribution in [0.25, 0.3) is 0 Å². The Morgan fingerprint density at radius 2 is 0.619 bits per heavy atom. The fraction of sp³-hybridized carbons (Fsp3) is 0.500. The first kappa shape index (κ1) is 24.4. The van der Waals surface area contributed by atoms with Crippen molar-refractivity contribution in [3.63, 3.8) is 0 Å². The van der Waals surface area contributed by atoms with Gasteiger partial charge in [-0.2, -0.15) is 0 Å². The zero-order valence-corrected chi connectivity index (χ0v) is 11.6. The zero-order chi connectivity index (χ0) is 16.6. The van der Waals surface area contributed by atoms with Crippen LogP contribution in [0.3, 0.4) is 0 Å². The van der Waals surface area contributed by atoms with Gasteiger partial charge >= 0.3 is 20.1 Å². The van der Waals surface area contributed by atoms with E-state index in [4.69, 9.17) is 20.4 Å². The molecule has 0 aromatic rings. The molecule has 0 heterocycles. The standard InChI is InChI=1S/2C4H6O6.Tc/c2*5-1(3(7)8)2(6)4(9)10;/h2*1-2,5-6H,(H,7,8)(H,9,10);/q;;+4/p-4. The predicted octanol–water partition coefficient (Wildman–Crippen LogP) is -9.59. The van der Waals surface area contributed by atoms with Crippen molar-refractivity contribution in [2.24, 2.45) is 0 Å². The molecule has 4 unspecified atom stereocenters. The van der Waals surface area contributed by atoms with Crippen molar-refractivity contribution in [3.05, 3.63) is 0 Å². The van der Waals surface area contributed by atoms with Crippen molar-refractivity contribution in [1.29, 1.82) is 0 Å². The molecule has 0 aliphatic carbocycles. The molecule has 12 nitrogen and oxygen atoms in total. The van der Waals surface area contributed by atoms with Crippen LogP contribution in [0.4, 0.5) is 0 Å². The molecule has 0 fully saturated rings. The second-order valence-electron chi connectivity index (χ2n) is 3.06. The average molecular weight is 394 g/mol. The summed E-state index contributed by atoms with van der Waals surface area (Å²) in [5.74, 6) is -8.23. The van der Waals surface area contributed by atoms with Gasteiger partial charge in [-0.25, -0.2) is 0 Å². The van der Waals surface area contributed by atoms with E-state index in [1.807, 2.05) is 0 Å². The molecular weight excluding hydrogens is 386 g/mol. The van der Waals surface area contributed by atoms with E-state index < -0.39 is 48.3 Å². The SMILES string of the molecule is O=C([O-])C(O)C(O)C(=O)[O-].O=C([O-])C(O)C(O)C(=O)[O-].[Tc+4]. The van der Waals surface area contributed by atoms with Gasteiger partial charge in [-0.3, -0.25) is 0 Å². The van der Waals surface area contributed by atoms with E-state index >= 15 is 0 Å². The van der Waals surface area contributed by atoms with Crippen LogP contribution < -0.4 is 20.4 Å². The summed E-state index contributed by atoms with van der Waals surface area (Å²) in [5.41, 5.74) is 0. The number of carboxylic acids is 4. The number of carbonyl (C=O) groups is 4. The number of hydrogen-bond donors (Lipinski definition) is 4. The molecule has 13 heteroatoms. The Bertz CT molecular complexity index is 309. The molecule has 0 bridgehead atoms. The molecule has 0 spiro atoms. The van der Waals surface area contributed by atoms with E-state index in [1.54, 1.807) is 0 Å². The maximum atomic E-state index is 9.63. The first-order valence-corrected chi connectivity index (χ1v) is 4.49. The first-order chi connectivity index (χ1) is 8.93. The monoisotopic (exact) mass is 393 g/mol. The van der Waals surface area contributed by atoms with Crippen LogP contribution in [0, 0.1) is 0 Å². The smallest absolute Gasteiger partial charge is 0.547 e. The molecule has 21 heavy (non-hydrogen) atoms. The molecule has 119 valence electrons. The Morgan fingerprint density at radius 3 is 0.667 bits per heavy atom. The fourth-order valence-corrected chi connectivity index (χ4v) is 0.516. The number of aliphatic hydroxyl groups excluding tert-OH is 4. The van der Waals surface area contributed by atoms with Gasteiger partial charge in [0.15, 0.2) is 0 Å². The minimum atomic E-state index is -2.44. The van der Waals surface area contributed by atoms with Crippen LogP contribution in [0.2, 0.25) is 0 Å². The third-order valence-electron chi connectivity index (χ3n) is 1.56. The number of carboxylic acid groups (broad SMARTS) is 4. The van der Waals surface area contributed by atoms with E-state index in [0.29, 0.717) is 0 Å². The van der Waals surface area contributed by atoms with Crippen molar-refractivity contribution >= 4 is 23.9 Å². The van der Waals surface area contributed by atoms with Crippen molar-refractivity contribution in [1.82, 2.24) is 0 Å². The number of aliphatic hydroxyl groups is 4. The number of aliphatic carboxylic acids is 4. The van der Waals surface area contributed by atoms with Gasteiger partial charge in [-0.1, -0.05) is 0 Å². The summed E-state index contributed by atoms with van der Waals surface area (Å²) in [7, 11) is 0. The average Bonchev–Trinajstić information content (AvgIpc) is 2.35. The molecule has 0 aromatic carbocycles. The summed E-state index contributed by atoms with van der Waals surface area (Å²) in [6, 6.07) is 0. The van der Waals surface area contributed by atoms with E-state index in [2.05, 4.69) is 0 Å². The molecule has 0 rings (SSSR count). The second-order valence-corrected chi connectivity index (χ2v) is 3.06. The summed E-state index contributed by atoms with van der Waals surface area (Å²) in [6.45, 7) is 0. The summed E-state index contributed by atoms with van der Waals surface area (Å²) >= 11 is 0. The Hall–Kier alpha value is -1.63. The largest absolute Gasteiger partial charge is 4.00 e. The maximum Gasteiger partial charge on any atom is 4.00 e. The van der Waals surface area contributed by atoms with Gasteiger partial charge in [-0.05, 0) is 0 Å². The maximum absolute atomic E-state index is 9.63. The van der Waals surface area contributed by atoms with Crippen LogP contribution in [-0.2, 0) is 39.3 Å². The van der Waals surface area contributed by atoms with Gasteiger partial charge in [0, 0.05) is 0 Å². The first-order valence-electron chi connectivity index (χ1n) is 4.49. The van der Waals surface area contributed by atoms with Crippen LogP contribution in [0.15, 0.2) is 0 Å². The number of hydrogen-bond acceptors (Lipinski definition) is 12. The summed E-state index contributed by atoms with van der Waals surface area (Å²) in [4.78, 5) is 38.5. The molecular formula is C8H8O12Tc. The van der Waals surface area contributed by atoms with E-state index in [0.717, 1.165) is 0 Å². The summed E-state index contributed by atoms with van der Waals surface area (Å²) in [6.07, 6.45) is -9.76. The molecule has 0 aliphatic rings. The molecule has 0 saturated heterocycles. The van der Waals surface area contributed by atoms with Crippen LogP contribution in [-0.4, -0.2) is 68.7 Å². The van der Waals surface area contributed by atoms with Crippen LogP contribution in [0.5, 0.6) is 0 Å². The van der Waals surface area contributed by atoms with Crippen molar-refractivity contribution in [2.45, 2.75) is 24.4 Å². The van der Waals surface area contributed by atoms with Gasteiger partial charge in [0.05, 0.1) is 23.9 Å². The molecule has 4 atom stereocenters. The molecule has 0 aromatic heterocycles. The van der Waals surface area contributed by atoms with E-state index in [9.17, 15) is 39.6 Å². The van der Waals surface area contributed by atoms with E-state index in [1.165, 1.54) is 0 Å². The minimum absolute atomic E-state index is 0. The van der Waals surface area contributed by atoms with Crippen molar-refractivity contribution in [2.75, 3.05) is 0 Å². The minimum Gasteiger partial charge on any atom is -0.547 e. The number of carbonyl (C=O) groups excluding carboxylic acids is 4. The van der Waals surface area contributed by atoms with Gasteiger partial charge in [-0.15, -0.1) is 0 Å². The van der Waals surface area contributed by atoms with E-state index in [-0.39, 0.29) is 20.1 Å². The quantitative estimate of drug-likeness (QED) is 0.328. The van der Waals surface area contributed by atoms with Crippen LogP contribution in [0.1, 0.15) is 0 Å². The Morgan fingerprint density at radius 1 is 0.524 bits per heavy atom. The predicted molar refractivity (Wildman–Crippen MR) is 44.1 cm³/mol. The molecule has 0 aliphatic heterocycles.